The summed E-state index contributed by atoms with van der Waals surface area (Å²) in [5, 5.41) is 3.51. The van der Waals surface area contributed by atoms with Crippen LogP contribution in [0, 0.1) is 5.92 Å². The first-order valence-corrected chi connectivity index (χ1v) is 7.98. The molecule has 2 atom stereocenters. The zero-order valence-electron chi connectivity index (χ0n) is 12.4. The summed E-state index contributed by atoms with van der Waals surface area (Å²) in [6.07, 6.45) is 4.95. The highest BCUT2D eigenvalue weighted by Crippen LogP contribution is 2.42. The Kier molecular flexibility index (Phi) is 4.46. The summed E-state index contributed by atoms with van der Waals surface area (Å²) in [5.41, 5.74) is 1.43. The van der Waals surface area contributed by atoms with Crippen LogP contribution in [0.2, 0.25) is 0 Å². The lowest BCUT2D eigenvalue weighted by atomic mass is 9.88. The fourth-order valence-electron chi connectivity index (χ4n) is 3.46. The van der Waals surface area contributed by atoms with E-state index in [1.54, 1.807) is 0 Å². The first-order valence-electron chi connectivity index (χ1n) is 7.98. The Labute approximate surface area is 121 Å². The molecule has 3 heteroatoms. The van der Waals surface area contributed by atoms with Gasteiger partial charge in [0.15, 0.2) is 11.5 Å². The van der Waals surface area contributed by atoms with Gasteiger partial charge in [-0.2, -0.15) is 0 Å². The van der Waals surface area contributed by atoms with Gasteiger partial charge < -0.3 is 14.8 Å². The third kappa shape index (κ3) is 2.93. The van der Waals surface area contributed by atoms with Gasteiger partial charge in [0.2, 0.25) is 0 Å². The molecule has 1 fully saturated rings. The molecule has 0 saturated heterocycles. The number of hydrogen-bond acceptors (Lipinski definition) is 3. The van der Waals surface area contributed by atoms with Crippen LogP contribution in [0.3, 0.4) is 0 Å². The Hall–Kier alpha value is -1.22. The Morgan fingerprint density at radius 1 is 1.10 bits per heavy atom. The zero-order valence-corrected chi connectivity index (χ0v) is 12.4. The van der Waals surface area contributed by atoms with Crippen LogP contribution < -0.4 is 14.8 Å². The Bertz CT molecular complexity index is 447. The van der Waals surface area contributed by atoms with Crippen LogP contribution in [0.25, 0.3) is 0 Å². The van der Waals surface area contributed by atoms with Crippen molar-refractivity contribution in [2.75, 3.05) is 26.3 Å². The molecule has 0 spiro atoms. The van der Waals surface area contributed by atoms with E-state index >= 15 is 0 Å². The molecule has 110 valence electrons. The fraction of sp³-hybridized carbons (Fsp3) is 0.647. The van der Waals surface area contributed by atoms with Gasteiger partial charge in [-0.1, -0.05) is 19.4 Å². The third-order valence-electron chi connectivity index (χ3n) is 4.52. The van der Waals surface area contributed by atoms with Gasteiger partial charge in [-0.25, -0.2) is 0 Å². The summed E-state index contributed by atoms with van der Waals surface area (Å²) >= 11 is 0. The lowest BCUT2D eigenvalue weighted by molar-refractivity contribution is 0.297. The van der Waals surface area contributed by atoms with E-state index in [2.05, 4.69) is 30.4 Å². The molecular weight excluding hydrogens is 250 g/mol. The minimum Gasteiger partial charge on any atom is -0.490 e. The highest BCUT2D eigenvalue weighted by Gasteiger charge is 2.29. The summed E-state index contributed by atoms with van der Waals surface area (Å²) in [6.45, 7) is 5.90. The maximum Gasteiger partial charge on any atom is 0.161 e. The summed E-state index contributed by atoms with van der Waals surface area (Å²) in [6, 6.07) is 6.55. The minimum atomic E-state index is 0.672. The van der Waals surface area contributed by atoms with Crippen LogP contribution in [-0.4, -0.2) is 26.3 Å². The molecule has 3 nitrogen and oxygen atoms in total. The number of benzene rings is 1. The van der Waals surface area contributed by atoms with Gasteiger partial charge in [-0.15, -0.1) is 0 Å². The molecular formula is C17H25NO2. The summed E-state index contributed by atoms with van der Waals surface area (Å²) in [4.78, 5) is 0. The molecule has 1 aliphatic heterocycles. The van der Waals surface area contributed by atoms with Crippen molar-refractivity contribution in [3.05, 3.63) is 23.8 Å². The highest BCUT2D eigenvalue weighted by atomic mass is 16.5. The van der Waals surface area contributed by atoms with Crippen LogP contribution in [0.1, 0.15) is 44.1 Å². The van der Waals surface area contributed by atoms with Crippen LogP contribution in [0.4, 0.5) is 0 Å². The monoisotopic (exact) mass is 275 g/mol. The molecule has 0 amide bonds. The molecule has 0 radical (unpaired) electrons. The molecule has 1 N–H and O–H groups in total. The molecule has 1 aliphatic carbocycles. The van der Waals surface area contributed by atoms with Gasteiger partial charge in [0.1, 0.15) is 0 Å². The largest absolute Gasteiger partial charge is 0.490 e. The number of fused-ring (bicyclic) bond motifs is 1. The van der Waals surface area contributed by atoms with Gasteiger partial charge in [-0.3, -0.25) is 0 Å². The molecule has 1 aromatic carbocycles. The van der Waals surface area contributed by atoms with Gasteiger partial charge in [0.05, 0.1) is 13.2 Å². The fourth-order valence-corrected chi connectivity index (χ4v) is 3.46. The van der Waals surface area contributed by atoms with Crippen LogP contribution in [0.5, 0.6) is 11.5 Å². The van der Waals surface area contributed by atoms with Crippen molar-refractivity contribution in [2.24, 2.45) is 5.92 Å². The topological polar surface area (TPSA) is 30.5 Å². The van der Waals surface area contributed by atoms with E-state index in [0.717, 1.165) is 50.1 Å². The quantitative estimate of drug-likeness (QED) is 0.914. The predicted molar refractivity (Wildman–Crippen MR) is 80.7 cm³/mol. The maximum absolute atomic E-state index is 5.82. The number of ether oxygens (including phenoxy) is 2. The third-order valence-corrected chi connectivity index (χ3v) is 4.52. The Morgan fingerprint density at radius 3 is 2.80 bits per heavy atom. The van der Waals surface area contributed by atoms with E-state index in [9.17, 15) is 0 Å². The number of nitrogens with one attached hydrogen (secondary N) is 1. The SMILES string of the molecule is CCNCC1CCCC1c1ccc2c(c1)OCCCO2. The molecule has 3 rings (SSSR count). The van der Waals surface area contributed by atoms with Crippen LogP contribution in [0.15, 0.2) is 18.2 Å². The number of rotatable bonds is 4. The first kappa shape index (κ1) is 13.7. The average Bonchev–Trinajstić information content (AvgIpc) is 2.81. The normalized spacial score (nSPS) is 25.4. The van der Waals surface area contributed by atoms with Crippen molar-refractivity contribution in [1.29, 1.82) is 0 Å². The van der Waals surface area contributed by atoms with Gasteiger partial charge in [0.25, 0.3) is 0 Å². The summed E-state index contributed by atoms with van der Waals surface area (Å²) in [5.74, 6) is 3.28. The highest BCUT2D eigenvalue weighted by molar-refractivity contribution is 5.44. The van der Waals surface area contributed by atoms with Crippen molar-refractivity contribution in [3.8, 4) is 11.5 Å². The molecule has 1 saturated carbocycles. The summed E-state index contributed by atoms with van der Waals surface area (Å²) < 4.78 is 11.5. The average molecular weight is 275 g/mol. The van der Waals surface area contributed by atoms with Crippen LogP contribution >= 0.6 is 0 Å². The van der Waals surface area contributed by atoms with Crippen molar-refractivity contribution >= 4 is 0 Å². The van der Waals surface area contributed by atoms with Crippen LogP contribution in [-0.2, 0) is 0 Å². The zero-order chi connectivity index (χ0) is 13.8. The molecule has 2 aliphatic rings. The lowest BCUT2D eigenvalue weighted by Gasteiger charge is -2.21. The van der Waals surface area contributed by atoms with Crippen molar-refractivity contribution in [2.45, 2.75) is 38.5 Å². The molecule has 0 aromatic heterocycles. The number of hydrogen-bond donors (Lipinski definition) is 1. The van der Waals surface area contributed by atoms with Crippen molar-refractivity contribution < 1.29 is 9.47 Å². The summed E-state index contributed by atoms with van der Waals surface area (Å²) in [7, 11) is 0. The van der Waals surface area contributed by atoms with E-state index in [1.165, 1.54) is 24.8 Å². The molecule has 1 heterocycles. The standard InChI is InChI=1S/C17H25NO2/c1-2-18-12-14-5-3-6-15(14)13-7-8-16-17(11-13)20-10-4-9-19-16/h7-8,11,14-15,18H,2-6,9-10,12H2,1H3. The van der Waals surface area contributed by atoms with Gasteiger partial charge >= 0.3 is 0 Å². The molecule has 2 unspecified atom stereocenters. The molecule has 0 bridgehead atoms. The van der Waals surface area contributed by atoms with E-state index in [1.807, 2.05) is 0 Å². The Morgan fingerprint density at radius 2 is 1.95 bits per heavy atom. The predicted octanol–water partition coefficient (Wildman–Crippen LogP) is 3.34. The van der Waals surface area contributed by atoms with Gasteiger partial charge in [0, 0.05) is 6.42 Å². The molecule has 1 aromatic rings. The van der Waals surface area contributed by atoms with E-state index in [-0.39, 0.29) is 0 Å². The van der Waals surface area contributed by atoms with E-state index < -0.39 is 0 Å². The smallest absolute Gasteiger partial charge is 0.161 e. The van der Waals surface area contributed by atoms with Crippen molar-refractivity contribution in [3.63, 3.8) is 0 Å². The minimum absolute atomic E-state index is 0.672. The maximum atomic E-state index is 5.82. The molecule has 20 heavy (non-hydrogen) atoms. The second kappa shape index (κ2) is 6.49. The second-order valence-corrected chi connectivity index (χ2v) is 5.86. The first-order chi connectivity index (χ1) is 9.88. The van der Waals surface area contributed by atoms with Crippen molar-refractivity contribution in [1.82, 2.24) is 5.32 Å². The second-order valence-electron chi connectivity index (χ2n) is 5.86. The van der Waals surface area contributed by atoms with Gasteiger partial charge in [-0.05, 0) is 55.5 Å². The van der Waals surface area contributed by atoms with E-state index in [0.29, 0.717) is 5.92 Å². The Balaban J connectivity index is 1.77. The lowest BCUT2D eigenvalue weighted by Crippen LogP contribution is -2.24. The van der Waals surface area contributed by atoms with E-state index in [4.69, 9.17) is 9.47 Å².